The van der Waals surface area contributed by atoms with Gasteiger partial charge in [-0.1, -0.05) is 18.0 Å². The zero-order valence-corrected chi connectivity index (χ0v) is 15.7. The molecule has 136 valence electrons. The van der Waals surface area contributed by atoms with Crippen LogP contribution in [-0.2, 0) is 14.8 Å². The molecule has 1 amide bonds. The third kappa shape index (κ3) is 3.20. The van der Waals surface area contributed by atoms with Crippen molar-refractivity contribution in [2.75, 3.05) is 26.2 Å². The van der Waals surface area contributed by atoms with Gasteiger partial charge < -0.3 is 4.90 Å². The van der Waals surface area contributed by atoms with Crippen LogP contribution in [0.3, 0.4) is 0 Å². The van der Waals surface area contributed by atoms with Crippen molar-refractivity contribution >= 4 is 27.5 Å². The lowest BCUT2D eigenvalue weighted by atomic mass is 9.87. The Morgan fingerprint density at radius 2 is 1.68 bits per heavy atom. The third-order valence-electron chi connectivity index (χ3n) is 6.06. The average molecular weight is 383 g/mol. The van der Waals surface area contributed by atoms with Crippen molar-refractivity contribution in [3.63, 3.8) is 0 Å². The number of hydrogen-bond donors (Lipinski definition) is 0. The van der Waals surface area contributed by atoms with Crippen molar-refractivity contribution in [1.29, 1.82) is 0 Å². The van der Waals surface area contributed by atoms with E-state index in [1.165, 1.54) is 35.7 Å². The summed E-state index contributed by atoms with van der Waals surface area (Å²) in [5, 5.41) is 0.514. The third-order valence-corrected chi connectivity index (χ3v) is 8.22. The number of carbonyl (C=O) groups is 1. The van der Waals surface area contributed by atoms with E-state index in [0.717, 1.165) is 12.3 Å². The minimum atomic E-state index is -3.52. The van der Waals surface area contributed by atoms with Gasteiger partial charge in [0, 0.05) is 37.1 Å². The molecule has 2 bridgehead atoms. The van der Waals surface area contributed by atoms with Crippen molar-refractivity contribution in [3.05, 3.63) is 29.3 Å². The molecule has 1 aliphatic heterocycles. The largest absolute Gasteiger partial charge is 0.340 e. The van der Waals surface area contributed by atoms with Gasteiger partial charge in [-0.25, -0.2) is 8.42 Å². The summed E-state index contributed by atoms with van der Waals surface area (Å²) in [7, 11) is -3.52. The second-order valence-corrected chi connectivity index (χ2v) is 9.84. The van der Waals surface area contributed by atoms with E-state index in [1.54, 1.807) is 12.1 Å². The first kappa shape index (κ1) is 17.3. The highest BCUT2D eigenvalue weighted by atomic mass is 35.5. The van der Waals surface area contributed by atoms with Gasteiger partial charge in [-0.05, 0) is 55.4 Å². The van der Waals surface area contributed by atoms with E-state index in [0.29, 0.717) is 37.1 Å². The molecule has 4 rings (SSSR count). The lowest BCUT2D eigenvalue weighted by Gasteiger charge is -2.36. The molecule has 7 heteroatoms. The number of sulfonamides is 1. The number of carbonyl (C=O) groups excluding carboxylic acids is 1. The molecule has 25 heavy (non-hydrogen) atoms. The Hall–Kier alpha value is -1.11. The maximum Gasteiger partial charge on any atom is 0.243 e. The highest BCUT2D eigenvalue weighted by Gasteiger charge is 2.45. The van der Waals surface area contributed by atoms with Crippen LogP contribution >= 0.6 is 11.6 Å². The Morgan fingerprint density at radius 3 is 2.24 bits per heavy atom. The highest BCUT2D eigenvalue weighted by molar-refractivity contribution is 7.89. The lowest BCUT2D eigenvalue weighted by Crippen LogP contribution is -2.52. The highest BCUT2D eigenvalue weighted by Crippen LogP contribution is 2.48. The Balaban J connectivity index is 1.39. The van der Waals surface area contributed by atoms with E-state index in [-0.39, 0.29) is 16.7 Å². The summed E-state index contributed by atoms with van der Waals surface area (Å²) >= 11 is 5.84. The van der Waals surface area contributed by atoms with Gasteiger partial charge in [0.2, 0.25) is 15.9 Å². The van der Waals surface area contributed by atoms with Gasteiger partial charge in [0.05, 0.1) is 4.90 Å². The number of fused-ring (bicyclic) bond motifs is 2. The van der Waals surface area contributed by atoms with Gasteiger partial charge in [-0.15, -0.1) is 0 Å². The quantitative estimate of drug-likeness (QED) is 0.807. The standard InChI is InChI=1S/C18H23ClN2O3S/c19-15-3-5-16(6-4-15)25(23,24)21-9-7-20(8-10-21)18(22)17-12-13-1-2-14(17)11-13/h3-6,13-14,17H,1-2,7-12H2. The number of halogens is 1. The van der Waals surface area contributed by atoms with Gasteiger partial charge in [0.1, 0.15) is 0 Å². The minimum absolute atomic E-state index is 0.179. The number of piperazine rings is 1. The van der Waals surface area contributed by atoms with Gasteiger partial charge in [-0.3, -0.25) is 4.79 Å². The van der Waals surface area contributed by atoms with E-state index >= 15 is 0 Å². The smallest absolute Gasteiger partial charge is 0.243 e. The van der Waals surface area contributed by atoms with Gasteiger partial charge in [0.25, 0.3) is 0 Å². The fourth-order valence-electron chi connectivity index (χ4n) is 4.69. The summed E-state index contributed by atoms with van der Waals surface area (Å²) in [6, 6.07) is 6.24. The fourth-order valence-corrected chi connectivity index (χ4v) is 6.23. The summed E-state index contributed by atoms with van der Waals surface area (Å²) in [5.74, 6) is 1.73. The average Bonchev–Trinajstić information content (AvgIpc) is 3.25. The Labute approximate surface area is 154 Å². The summed E-state index contributed by atoms with van der Waals surface area (Å²) in [6.07, 6.45) is 4.71. The molecular formula is C18H23ClN2O3S. The predicted molar refractivity (Wildman–Crippen MR) is 95.7 cm³/mol. The lowest BCUT2D eigenvalue weighted by molar-refractivity contribution is -0.138. The second kappa shape index (κ2) is 6.56. The van der Waals surface area contributed by atoms with Crippen molar-refractivity contribution in [1.82, 2.24) is 9.21 Å². The number of hydrogen-bond acceptors (Lipinski definition) is 3. The molecule has 5 nitrogen and oxygen atoms in total. The van der Waals surface area contributed by atoms with Crippen molar-refractivity contribution in [2.45, 2.75) is 30.6 Å². The minimum Gasteiger partial charge on any atom is -0.340 e. The molecule has 2 saturated carbocycles. The van der Waals surface area contributed by atoms with Crippen LogP contribution in [0, 0.1) is 17.8 Å². The zero-order chi connectivity index (χ0) is 17.6. The van der Waals surface area contributed by atoms with E-state index < -0.39 is 10.0 Å². The Morgan fingerprint density at radius 1 is 1.00 bits per heavy atom. The molecule has 0 N–H and O–H groups in total. The molecule has 3 fully saturated rings. The number of rotatable bonds is 3. The van der Waals surface area contributed by atoms with Crippen LogP contribution in [0.5, 0.6) is 0 Å². The molecule has 0 aromatic heterocycles. The Bertz CT molecular complexity index is 757. The molecule has 0 radical (unpaired) electrons. The number of benzene rings is 1. The van der Waals surface area contributed by atoms with E-state index in [9.17, 15) is 13.2 Å². The molecule has 3 unspecified atom stereocenters. The summed E-state index contributed by atoms with van der Waals surface area (Å²) in [5.41, 5.74) is 0. The summed E-state index contributed by atoms with van der Waals surface area (Å²) in [6.45, 7) is 1.69. The molecule has 3 aliphatic rings. The molecular weight excluding hydrogens is 360 g/mol. The van der Waals surface area contributed by atoms with Crippen LogP contribution in [0.25, 0.3) is 0 Å². The molecule has 2 aliphatic carbocycles. The van der Waals surface area contributed by atoms with Gasteiger partial charge >= 0.3 is 0 Å². The second-order valence-electron chi connectivity index (χ2n) is 7.46. The maximum absolute atomic E-state index is 12.8. The summed E-state index contributed by atoms with van der Waals surface area (Å²) in [4.78, 5) is 14.9. The van der Waals surface area contributed by atoms with Crippen molar-refractivity contribution in [2.24, 2.45) is 17.8 Å². The fraction of sp³-hybridized carbons (Fsp3) is 0.611. The number of nitrogens with zero attached hydrogens (tertiary/aromatic N) is 2. The zero-order valence-electron chi connectivity index (χ0n) is 14.1. The van der Waals surface area contributed by atoms with Crippen LogP contribution in [0.15, 0.2) is 29.2 Å². The first-order valence-electron chi connectivity index (χ1n) is 8.99. The van der Waals surface area contributed by atoms with Crippen molar-refractivity contribution < 1.29 is 13.2 Å². The monoisotopic (exact) mass is 382 g/mol. The van der Waals surface area contributed by atoms with E-state index in [1.807, 2.05) is 4.90 Å². The molecule has 3 atom stereocenters. The van der Waals surface area contributed by atoms with Gasteiger partial charge in [0.15, 0.2) is 0 Å². The van der Waals surface area contributed by atoms with Crippen LogP contribution in [-0.4, -0.2) is 49.7 Å². The molecule has 0 spiro atoms. The molecule has 1 heterocycles. The van der Waals surface area contributed by atoms with E-state index in [2.05, 4.69) is 0 Å². The maximum atomic E-state index is 12.8. The normalized spacial score (nSPS) is 30.0. The molecule has 1 aromatic carbocycles. The van der Waals surface area contributed by atoms with Crippen LogP contribution in [0.2, 0.25) is 5.02 Å². The van der Waals surface area contributed by atoms with Crippen LogP contribution < -0.4 is 0 Å². The molecule has 1 aromatic rings. The SMILES string of the molecule is O=C(C1CC2CCC1C2)N1CCN(S(=O)(=O)c2ccc(Cl)cc2)CC1. The van der Waals surface area contributed by atoms with Crippen LogP contribution in [0.4, 0.5) is 0 Å². The van der Waals surface area contributed by atoms with Crippen LogP contribution in [0.1, 0.15) is 25.7 Å². The first-order valence-corrected chi connectivity index (χ1v) is 10.8. The molecule has 1 saturated heterocycles. The summed E-state index contributed by atoms with van der Waals surface area (Å²) < 4.78 is 26.9. The topological polar surface area (TPSA) is 57.7 Å². The number of amides is 1. The first-order chi connectivity index (χ1) is 11.9. The van der Waals surface area contributed by atoms with Gasteiger partial charge in [-0.2, -0.15) is 4.31 Å². The van der Waals surface area contributed by atoms with E-state index in [4.69, 9.17) is 11.6 Å². The van der Waals surface area contributed by atoms with Crippen molar-refractivity contribution in [3.8, 4) is 0 Å². The predicted octanol–water partition coefficient (Wildman–Crippen LogP) is 2.61. The Kier molecular flexibility index (Phi) is 4.54.